The van der Waals surface area contributed by atoms with Crippen molar-refractivity contribution in [2.75, 3.05) is 31.8 Å². The molecule has 1 heterocycles. The van der Waals surface area contributed by atoms with Crippen molar-refractivity contribution >= 4 is 17.9 Å². The molecular formula is C18H17NO5. The summed E-state index contributed by atoms with van der Waals surface area (Å²) in [4.78, 5) is 24.7. The van der Waals surface area contributed by atoms with E-state index in [9.17, 15) is 9.59 Å². The van der Waals surface area contributed by atoms with Crippen LogP contribution in [0.2, 0.25) is 0 Å². The Morgan fingerprint density at radius 1 is 1.17 bits per heavy atom. The van der Waals surface area contributed by atoms with Gasteiger partial charge in [0, 0.05) is 5.56 Å². The van der Waals surface area contributed by atoms with Crippen molar-refractivity contribution in [1.29, 1.82) is 0 Å². The number of carbonyl (C=O) groups excluding carboxylic acids is 2. The number of rotatable bonds is 6. The summed E-state index contributed by atoms with van der Waals surface area (Å²) in [5.74, 6) is 1.87. The van der Waals surface area contributed by atoms with Gasteiger partial charge in [-0.05, 0) is 42.5 Å². The molecule has 0 saturated carbocycles. The topological polar surface area (TPSA) is 65.1 Å². The minimum atomic E-state index is -0.163. The molecule has 0 atom stereocenters. The van der Waals surface area contributed by atoms with E-state index in [4.69, 9.17) is 14.2 Å². The summed E-state index contributed by atoms with van der Waals surface area (Å²) in [5.41, 5.74) is 1.09. The van der Waals surface area contributed by atoms with Crippen LogP contribution in [0, 0.1) is 0 Å². The van der Waals surface area contributed by atoms with Crippen LogP contribution in [0.3, 0.4) is 0 Å². The van der Waals surface area contributed by atoms with E-state index in [0.717, 1.165) is 12.0 Å². The van der Waals surface area contributed by atoms with Crippen LogP contribution in [0.1, 0.15) is 10.4 Å². The lowest BCUT2D eigenvalue weighted by Gasteiger charge is -2.29. The first kappa shape index (κ1) is 15.9. The van der Waals surface area contributed by atoms with E-state index in [2.05, 4.69) is 0 Å². The van der Waals surface area contributed by atoms with E-state index in [-0.39, 0.29) is 12.5 Å². The van der Waals surface area contributed by atoms with E-state index >= 15 is 0 Å². The van der Waals surface area contributed by atoms with Crippen LogP contribution in [0.4, 0.5) is 5.69 Å². The maximum absolute atomic E-state index is 12.1. The molecule has 0 unspecified atom stereocenters. The number of methoxy groups -OCH3 is 1. The first-order valence-electron chi connectivity index (χ1n) is 7.50. The molecule has 6 heteroatoms. The zero-order valence-corrected chi connectivity index (χ0v) is 13.2. The van der Waals surface area contributed by atoms with Gasteiger partial charge in [0.25, 0.3) is 5.91 Å². The predicted molar refractivity (Wildman–Crippen MR) is 88.2 cm³/mol. The van der Waals surface area contributed by atoms with E-state index < -0.39 is 0 Å². The summed E-state index contributed by atoms with van der Waals surface area (Å²) in [5, 5.41) is 0. The molecule has 2 aromatic carbocycles. The quantitative estimate of drug-likeness (QED) is 0.762. The lowest BCUT2D eigenvalue weighted by Crippen LogP contribution is -2.41. The Morgan fingerprint density at radius 3 is 2.62 bits per heavy atom. The Bertz CT molecular complexity index is 742. The van der Waals surface area contributed by atoms with Gasteiger partial charge in [-0.15, -0.1) is 0 Å². The third-order valence-electron chi connectivity index (χ3n) is 3.71. The molecule has 0 aromatic heterocycles. The fraction of sp³-hybridized carbons (Fsp3) is 0.222. The minimum Gasteiger partial charge on any atom is -0.497 e. The molecule has 0 spiro atoms. The van der Waals surface area contributed by atoms with Crippen molar-refractivity contribution in [3.05, 3.63) is 48.0 Å². The van der Waals surface area contributed by atoms with Gasteiger partial charge in [-0.3, -0.25) is 9.59 Å². The fourth-order valence-electron chi connectivity index (χ4n) is 2.46. The Labute approximate surface area is 139 Å². The van der Waals surface area contributed by atoms with Gasteiger partial charge in [0.1, 0.15) is 30.1 Å². The Hall–Kier alpha value is -3.02. The second kappa shape index (κ2) is 7.04. The van der Waals surface area contributed by atoms with Crippen molar-refractivity contribution in [1.82, 2.24) is 0 Å². The largest absolute Gasteiger partial charge is 0.497 e. The van der Waals surface area contributed by atoms with Gasteiger partial charge in [-0.1, -0.05) is 0 Å². The average molecular weight is 327 g/mol. The third kappa shape index (κ3) is 3.32. The predicted octanol–water partition coefficient (Wildman–Crippen LogP) is 2.31. The van der Waals surface area contributed by atoms with Gasteiger partial charge in [-0.25, -0.2) is 0 Å². The second-order valence-corrected chi connectivity index (χ2v) is 5.20. The highest BCUT2D eigenvalue weighted by Gasteiger charge is 2.25. The number of nitrogens with zero attached hydrogens (tertiary/aromatic N) is 1. The zero-order chi connectivity index (χ0) is 16.9. The lowest BCUT2D eigenvalue weighted by atomic mass is 10.1. The number of amides is 1. The number of aldehydes is 1. The van der Waals surface area contributed by atoms with Gasteiger partial charge >= 0.3 is 0 Å². The van der Waals surface area contributed by atoms with E-state index in [1.54, 1.807) is 54.5 Å². The molecule has 3 rings (SSSR count). The number of hydrogen-bond acceptors (Lipinski definition) is 5. The molecule has 0 radical (unpaired) electrons. The van der Waals surface area contributed by atoms with Crippen molar-refractivity contribution in [3.8, 4) is 17.2 Å². The number of fused-ring (bicyclic) bond motifs is 1. The van der Waals surface area contributed by atoms with E-state index in [1.807, 2.05) is 0 Å². The SMILES string of the molecule is COc1ccc(OCCN2C(=O)COc3ccc(C=O)cc32)cc1. The van der Waals surface area contributed by atoms with Crippen LogP contribution < -0.4 is 19.1 Å². The zero-order valence-electron chi connectivity index (χ0n) is 13.2. The summed E-state index contributed by atoms with van der Waals surface area (Å²) in [7, 11) is 1.60. The number of anilines is 1. The molecular weight excluding hydrogens is 310 g/mol. The van der Waals surface area contributed by atoms with Crippen LogP contribution in [0.15, 0.2) is 42.5 Å². The van der Waals surface area contributed by atoms with Crippen molar-refractivity contribution in [2.45, 2.75) is 0 Å². The number of benzene rings is 2. The molecule has 0 N–H and O–H groups in total. The van der Waals surface area contributed by atoms with Crippen molar-refractivity contribution < 1.29 is 23.8 Å². The van der Waals surface area contributed by atoms with E-state index in [0.29, 0.717) is 35.9 Å². The van der Waals surface area contributed by atoms with Gasteiger partial charge in [0.05, 0.1) is 19.3 Å². The maximum atomic E-state index is 12.1. The molecule has 0 saturated heterocycles. The highest BCUT2D eigenvalue weighted by molar-refractivity contribution is 5.98. The Morgan fingerprint density at radius 2 is 1.92 bits per heavy atom. The molecule has 24 heavy (non-hydrogen) atoms. The molecule has 0 fully saturated rings. The fourth-order valence-corrected chi connectivity index (χ4v) is 2.46. The van der Waals surface area contributed by atoms with Crippen molar-refractivity contribution in [2.24, 2.45) is 0 Å². The van der Waals surface area contributed by atoms with Crippen molar-refractivity contribution in [3.63, 3.8) is 0 Å². The monoisotopic (exact) mass is 327 g/mol. The smallest absolute Gasteiger partial charge is 0.265 e. The van der Waals surface area contributed by atoms with Crippen LogP contribution in [0.25, 0.3) is 0 Å². The molecule has 1 aliphatic rings. The minimum absolute atomic E-state index is 0.0179. The number of hydrogen-bond donors (Lipinski definition) is 0. The van der Waals surface area contributed by atoms with Crippen LogP contribution in [-0.4, -0.2) is 39.1 Å². The summed E-state index contributed by atoms with van der Waals surface area (Å²) in [6, 6.07) is 12.2. The Kier molecular flexibility index (Phi) is 4.65. The number of ether oxygens (including phenoxy) is 3. The standard InChI is InChI=1S/C18H17NO5/c1-22-14-3-5-15(6-4-14)23-9-8-19-16-10-13(11-20)2-7-17(16)24-12-18(19)21/h2-7,10-11H,8-9,12H2,1H3. The molecule has 6 nitrogen and oxygen atoms in total. The third-order valence-corrected chi connectivity index (χ3v) is 3.71. The average Bonchev–Trinajstić information content (AvgIpc) is 2.63. The first-order valence-corrected chi connectivity index (χ1v) is 7.50. The molecule has 2 aromatic rings. The molecule has 0 aliphatic carbocycles. The van der Waals surface area contributed by atoms with Crippen LogP contribution >= 0.6 is 0 Å². The van der Waals surface area contributed by atoms with Gasteiger partial charge in [0.15, 0.2) is 6.61 Å². The van der Waals surface area contributed by atoms with E-state index in [1.165, 1.54) is 0 Å². The van der Waals surface area contributed by atoms with Gasteiger partial charge < -0.3 is 19.1 Å². The molecule has 124 valence electrons. The first-order chi connectivity index (χ1) is 11.7. The Balaban J connectivity index is 1.68. The summed E-state index contributed by atoms with van der Waals surface area (Å²) in [6.45, 7) is 0.669. The molecule has 1 amide bonds. The molecule has 1 aliphatic heterocycles. The summed E-state index contributed by atoms with van der Waals surface area (Å²) in [6.07, 6.45) is 0.741. The van der Waals surface area contributed by atoms with Gasteiger partial charge in [0.2, 0.25) is 0 Å². The molecule has 0 bridgehead atoms. The highest BCUT2D eigenvalue weighted by atomic mass is 16.5. The normalized spacial score (nSPS) is 13.0. The second-order valence-electron chi connectivity index (χ2n) is 5.20. The number of carbonyl (C=O) groups is 2. The van der Waals surface area contributed by atoms with Gasteiger partial charge in [-0.2, -0.15) is 0 Å². The summed E-state index contributed by atoms with van der Waals surface area (Å²) >= 11 is 0. The van der Waals surface area contributed by atoms with Crippen LogP contribution in [-0.2, 0) is 4.79 Å². The lowest BCUT2D eigenvalue weighted by molar-refractivity contribution is -0.121. The summed E-state index contributed by atoms with van der Waals surface area (Å²) < 4.78 is 16.2. The maximum Gasteiger partial charge on any atom is 0.265 e. The highest BCUT2D eigenvalue weighted by Crippen LogP contribution is 2.32. The van der Waals surface area contributed by atoms with Crippen LogP contribution in [0.5, 0.6) is 17.2 Å².